The van der Waals surface area contributed by atoms with Gasteiger partial charge in [0.25, 0.3) is 5.91 Å². The molecule has 2 aromatic heterocycles. The molecule has 0 unspecified atom stereocenters. The number of nitrogens with zero attached hydrogens (tertiary/aromatic N) is 1. The molecule has 1 atom stereocenters. The highest BCUT2D eigenvalue weighted by molar-refractivity contribution is 7.12. The summed E-state index contributed by atoms with van der Waals surface area (Å²) in [5.41, 5.74) is 2.76. The number of anilines is 1. The van der Waals surface area contributed by atoms with Gasteiger partial charge >= 0.3 is 0 Å². The third-order valence-corrected chi connectivity index (χ3v) is 7.02. The maximum absolute atomic E-state index is 13.0. The Morgan fingerprint density at radius 3 is 2.52 bits per heavy atom. The van der Waals surface area contributed by atoms with E-state index in [0.717, 1.165) is 41.4 Å². The number of carbonyl (C=O) groups is 1. The molecule has 1 aliphatic rings. The highest BCUT2D eigenvalue weighted by Gasteiger charge is 2.32. The minimum atomic E-state index is -0.0955. The number of para-hydroxylation sites is 1. The van der Waals surface area contributed by atoms with Crippen molar-refractivity contribution in [2.75, 3.05) is 18.4 Å². The fraction of sp³-hybridized carbons (Fsp3) is 0.269. The molecule has 1 aliphatic heterocycles. The molecule has 0 bridgehead atoms. The highest BCUT2D eigenvalue weighted by atomic mass is 32.1. The summed E-state index contributed by atoms with van der Waals surface area (Å²) < 4.78 is 6.46. The van der Waals surface area contributed by atoms with Gasteiger partial charge in [-0.15, -0.1) is 11.3 Å². The lowest BCUT2D eigenvalue weighted by Crippen LogP contribution is -2.37. The van der Waals surface area contributed by atoms with Gasteiger partial charge < -0.3 is 9.73 Å². The number of amides is 1. The van der Waals surface area contributed by atoms with E-state index < -0.39 is 0 Å². The van der Waals surface area contributed by atoms with E-state index in [2.05, 4.69) is 41.4 Å². The van der Waals surface area contributed by atoms with Crippen molar-refractivity contribution in [3.05, 3.63) is 88.3 Å². The molecular weight excluding hydrogens is 404 g/mol. The molecular formula is C26H26N2O2S. The van der Waals surface area contributed by atoms with Gasteiger partial charge in [-0.25, -0.2) is 0 Å². The molecule has 158 valence electrons. The summed E-state index contributed by atoms with van der Waals surface area (Å²) in [5.74, 6) is 1.45. The number of hydrogen-bond acceptors (Lipinski definition) is 4. The Labute approximate surface area is 186 Å². The predicted octanol–water partition coefficient (Wildman–Crippen LogP) is 6.57. The maximum atomic E-state index is 13.0. The summed E-state index contributed by atoms with van der Waals surface area (Å²) in [7, 11) is 0. The maximum Gasteiger partial charge on any atom is 0.265 e. The second-order valence-corrected chi connectivity index (χ2v) is 9.25. The number of carbonyl (C=O) groups excluding carboxylic acids is 1. The first kappa shape index (κ1) is 20.0. The number of nitrogens with one attached hydrogen (secondary N) is 1. The lowest BCUT2D eigenvalue weighted by molar-refractivity contribution is 0.102. The molecule has 5 rings (SSSR count). The zero-order valence-corrected chi connectivity index (χ0v) is 18.4. The average Bonchev–Trinajstić information content (AvgIpc) is 3.45. The number of furan rings is 1. The molecule has 1 saturated heterocycles. The largest absolute Gasteiger partial charge is 0.457 e. The van der Waals surface area contributed by atoms with Crippen LogP contribution < -0.4 is 5.32 Å². The number of likely N-dealkylation sites (tertiary alicyclic amines) is 1. The third kappa shape index (κ3) is 4.03. The van der Waals surface area contributed by atoms with Crippen LogP contribution in [0.3, 0.4) is 0 Å². The summed E-state index contributed by atoms with van der Waals surface area (Å²) in [6, 6.07) is 22.1. The molecule has 1 fully saturated rings. The standard InChI is InChI=1S/C26H26N2O2S/c1-18-13-15-28(16-14-18)24(19-8-3-2-4-9-19)25-23(20-10-5-6-11-21(20)30-25)27-26(29)22-12-7-17-31-22/h2-12,17-18,24H,13-16H2,1H3,(H,27,29)/t24-/m1/s1. The molecule has 4 nitrogen and oxygen atoms in total. The Morgan fingerprint density at radius 2 is 1.77 bits per heavy atom. The molecule has 5 heteroatoms. The lowest BCUT2D eigenvalue weighted by Gasteiger charge is -2.36. The van der Waals surface area contributed by atoms with Crippen LogP contribution in [0.4, 0.5) is 5.69 Å². The van der Waals surface area contributed by atoms with E-state index in [0.29, 0.717) is 4.88 Å². The Kier molecular flexibility index (Phi) is 5.62. The van der Waals surface area contributed by atoms with Gasteiger partial charge in [0.1, 0.15) is 11.3 Å². The van der Waals surface area contributed by atoms with Crippen molar-refractivity contribution in [1.82, 2.24) is 4.90 Å². The first-order valence-electron chi connectivity index (χ1n) is 10.9. The van der Waals surface area contributed by atoms with Crippen LogP contribution in [-0.4, -0.2) is 23.9 Å². The summed E-state index contributed by atoms with van der Waals surface area (Å²) in [5, 5.41) is 6.05. The molecule has 2 aromatic carbocycles. The predicted molar refractivity (Wildman–Crippen MR) is 127 cm³/mol. The van der Waals surface area contributed by atoms with E-state index >= 15 is 0 Å². The second-order valence-electron chi connectivity index (χ2n) is 8.30. The van der Waals surface area contributed by atoms with Crippen LogP contribution in [0.5, 0.6) is 0 Å². The van der Waals surface area contributed by atoms with Crippen LogP contribution in [0.25, 0.3) is 11.0 Å². The fourth-order valence-electron chi connectivity index (χ4n) is 4.42. The van der Waals surface area contributed by atoms with Crippen molar-refractivity contribution < 1.29 is 9.21 Å². The van der Waals surface area contributed by atoms with Crippen molar-refractivity contribution in [1.29, 1.82) is 0 Å². The van der Waals surface area contributed by atoms with E-state index in [9.17, 15) is 4.79 Å². The molecule has 0 spiro atoms. The van der Waals surface area contributed by atoms with Crippen LogP contribution in [-0.2, 0) is 0 Å². The molecule has 0 radical (unpaired) electrons. The van der Waals surface area contributed by atoms with Crippen molar-refractivity contribution in [3.8, 4) is 0 Å². The molecule has 0 aliphatic carbocycles. The van der Waals surface area contributed by atoms with Gasteiger partial charge in [0.05, 0.1) is 16.6 Å². The van der Waals surface area contributed by atoms with Crippen molar-refractivity contribution in [2.45, 2.75) is 25.8 Å². The van der Waals surface area contributed by atoms with Crippen molar-refractivity contribution >= 4 is 33.9 Å². The Hall–Kier alpha value is -2.89. The van der Waals surface area contributed by atoms with Gasteiger partial charge in [0, 0.05) is 5.39 Å². The number of fused-ring (bicyclic) bond motifs is 1. The number of rotatable bonds is 5. The summed E-state index contributed by atoms with van der Waals surface area (Å²) >= 11 is 1.44. The van der Waals surface area contributed by atoms with E-state index in [1.54, 1.807) is 0 Å². The Morgan fingerprint density at radius 1 is 1.03 bits per heavy atom. The Balaban J connectivity index is 1.62. The summed E-state index contributed by atoms with van der Waals surface area (Å²) in [6.07, 6.45) is 2.33. The van der Waals surface area contributed by atoms with Gasteiger partial charge in [0.15, 0.2) is 0 Å². The normalized spacial score (nSPS) is 16.4. The van der Waals surface area contributed by atoms with Crippen LogP contribution >= 0.6 is 11.3 Å². The minimum absolute atomic E-state index is 0.0419. The Bertz CT molecular complexity index is 1160. The monoisotopic (exact) mass is 430 g/mol. The van der Waals surface area contributed by atoms with Crippen LogP contribution in [0.1, 0.15) is 46.8 Å². The van der Waals surface area contributed by atoms with Crippen LogP contribution in [0.2, 0.25) is 0 Å². The first-order valence-corrected chi connectivity index (χ1v) is 11.7. The van der Waals surface area contributed by atoms with E-state index in [1.807, 2.05) is 47.8 Å². The number of thiophene rings is 1. The molecule has 1 N–H and O–H groups in total. The zero-order chi connectivity index (χ0) is 21.2. The number of hydrogen-bond donors (Lipinski definition) is 1. The summed E-state index contributed by atoms with van der Waals surface area (Å²) in [4.78, 5) is 16.2. The smallest absolute Gasteiger partial charge is 0.265 e. The van der Waals surface area contributed by atoms with Gasteiger partial charge in [-0.2, -0.15) is 0 Å². The fourth-order valence-corrected chi connectivity index (χ4v) is 5.04. The first-order chi connectivity index (χ1) is 15.2. The number of benzene rings is 2. The molecule has 3 heterocycles. The second kappa shape index (κ2) is 8.69. The van der Waals surface area contributed by atoms with Crippen LogP contribution in [0.15, 0.2) is 76.5 Å². The zero-order valence-electron chi connectivity index (χ0n) is 17.6. The van der Waals surface area contributed by atoms with E-state index in [-0.39, 0.29) is 11.9 Å². The van der Waals surface area contributed by atoms with Gasteiger partial charge in [-0.1, -0.05) is 55.5 Å². The van der Waals surface area contributed by atoms with Crippen molar-refractivity contribution in [3.63, 3.8) is 0 Å². The van der Waals surface area contributed by atoms with Crippen LogP contribution in [0, 0.1) is 5.92 Å². The molecule has 1 amide bonds. The lowest BCUT2D eigenvalue weighted by atomic mass is 9.94. The number of piperidine rings is 1. The molecule has 31 heavy (non-hydrogen) atoms. The SMILES string of the molecule is CC1CCN([C@H](c2ccccc2)c2oc3ccccc3c2NC(=O)c2cccs2)CC1. The quantitative estimate of drug-likeness (QED) is 0.390. The third-order valence-electron chi connectivity index (χ3n) is 6.15. The van der Waals surface area contributed by atoms with Gasteiger partial charge in [0.2, 0.25) is 0 Å². The summed E-state index contributed by atoms with van der Waals surface area (Å²) in [6.45, 7) is 4.34. The van der Waals surface area contributed by atoms with Gasteiger partial charge in [-0.05, 0) is 61.0 Å². The van der Waals surface area contributed by atoms with Crippen molar-refractivity contribution in [2.24, 2.45) is 5.92 Å². The van der Waals surface area contributed by atoms with E-state index in [4.69, 9.17) is 4.42 Å². The molecule has 0 saturated carbocycles. The van der Waals surface area contributed by atoms with E-state index in [1.165, 1.54) is 29.7 Å². The average molecular weight is 431 g/mol. The minimum Gasteiger partial charge on any atom is -0.457 e. The van der Waals surface area contributed by atoms with Gasteiger partial charge in [-0.3, -0.25) is 9.69 Å². The molecule has 4 aromatic rings. The topological polar surface area (TPSA) is 45.5 Å². The highest BCUT2D eigenvalue weighted by Crippen LogP contribution is 2.41.